The fourth-order valence-electron chi connectivity index (χ4n) is 1.93. The Balaban J connectivity index is 2.10. The van der Waals surface area contributed by atoms with Crippen molar-refractivity contribution < 1.29 is 22.1 Å². The number of ether oxygens (including phenoxy) is 2. The Morgan fingerprint density at radius 2 is 1.62 bits per heavy atom. The zero-order valence-corrected chi connectivity index (χ0v) is 14.8. The minimum atomic E-state index is -3.82. The van der Waals surface area contributed by atoms with E-state index in [4.69, 9.17) is 25.3 Å². The Kier molecular flexibility index (Phi) is 6.36. The minimum absolute atomic E-state index is 0.139. The average molecular weight is 373 g/mol. The molecule has 0 fully saturated rings. The standard InChI is InChI=1S/C15H17ClN2O5S/c1-21-14-7-15(22-2)18-13(17-14)9-23-24(19,20)10-12-6-4-3-5-11(12)8-16/h3-7H,8-10H2,1-2H3. The molecule has 0 N–H and O–H groups in total. The van der Waals surface area contributed by atoms with Crippen molar-refractivity contribution >= 4 is 21.7 Å². The van der Waals surface area contributed by atoms with E-state index in [1.165, 1.54) is 20.3 Å². The van der Waals surface area contributed by atoms with Crippen LogP contribution in [-0.4, -0.2) is 32.6 Å². The SMILES string of the molecule is COc1cc(OC)nc(COS(=O)(=O)Cc2ccccc2CCl)n1. The van der Waals surface area contributed by atoms with E-state index in [1.54, 1.807) is 24.3 Å². The number of aromatic nitrogens is 2. The topological polar surface area (TPSA) is 87.6 Å². The van der Waals surface area contributed by atoms with Crippen molar-refractivity contribution in [3.05, 3.63) is 47.3 Å². The van der Waals surface area contributed by atoms with E-state index in [-0.39, 0.29) is 35.8 Å². The van der Waals surface area contributed by atoms with Crippen molar-refractivity contribution in [1.29, 1.82) is 0 Å². The molecule has 0 atom stereocenters. The Hall–Kier alpha value is -1.90. The molecule has 24 heavy (non-hydrogen) atoms. The molecule has 7 nitrogen and oxygen atoms in total. The van der Waals surface area contributed by atoms with Gasteiger partial charge in [-0.05, 0) is 11.1 Å². The second kappa shape index (κ2) is 8.27. The van der Waals surface area contributed by atoms with Gasteiger partial charge in [0.1, 0.15) is 12.4 Å². The molecule has 0 spiro atoms. The first-order valence-electron chi connectivity index (χ1n) is 6.93. The minimum Gasteiger partial charge on any atom is -0.481 e. The van der Waals surface area contributed by atoms with E-state index in [9.17, 15) is 8.42 Å². The zero-order chi connectivity index (χ0) is 17.6. The van der Waals surface area contributed by atoms with E-state index in [2.05, 4.69) is 9.97 Å². The lowest BCUT2D eigenvalue weighted by Gasteiger charge is -2.09. The van der Waals surface area contributed by atoms with Crippen molar-refractivity contribution in [1.82, 2.24) is 9.97 Å². The summed E-state index contributed by atoms with van der Waals surface area (Å²) >= 11 is 5.82. The number of nitrogens with zero attached hydrogens (tertiary/aromatic N) is 2. The third-order valence-corrected chi connectivity index (χ3v) is 4.54. The lowest BCUT2D eigenvalue weighted by atomic mass is 10.1. The van der Waals surface area contributed by atoms with Gasteiger partial charge in [0.2, 0.25) is 11.8 Å². The number of hydrogen-bond donors (Lipinski definition) is 0. The summed E-state index contributed by atoms with van der Waals surface area (Å²) in [4.78, 5) is 8.04. The Labute approximate surface area is 145 Å². The highest BCUT2D eigenvalue weighted by atomic mass is 35.5. The summed E-state index contributed by atoms with van der Waals surface area (Å²) in [6.45, 7) is -0.321. The third kappa shape index (κ3) is 5.05. The molecule has 0 saturated heterocycles. The summed E-state index contributed by atoms with van der Waals surface area (Å²) in [5.74, 6) is 0.592. The third-order valence-electron chi connectivity index (χ3n) is 3.11. The molecule has 2 rings (SSSR count). The van der Waals surface area contributed by atoms with Gasteiger partial charge in [0.25, 0.3) is 10.1 Å². The molecule has 9 heteroatoms. The summed E-state index contributed by atoms with van der Waals surface area (Å²) in [5.41, 5.74) is 1.34. The Morgan fingerprint density at radius 3 is 2.17 bits per heavy atom. The van der Waals surface area contributed by atoms with Gasteiger partial charge in [-0.3, -0.25) is 4.18 Å². The van der Waals surface area contributed by atoms with Crippen LogP contribution in [0.25, 0.3) is 0 Å². The first-order valence-corrected chi connectivity index (χ1v) is 9.04. The first-order chi connectivity index (χ1) is 11.5. The van der Waals surface area contributed by atoms with Crippen LogP contribution in [0.4, 0.5) is 0 Å². The van der Waals surface area contributed by atoms with Gasteiger partial charge in [-0.15, -0.1) is 11.6 Å². The molecular formula is C15H17ClN2O5S. The number of methoxy groups -OCH3 is 2. The molecule has 0 amide bonds. The number of benzene rings is 1. The molecule has 130 valence electrons. The lowest BCUT2D eigenvalue weighted by molar-refractivity contribution is 0.289. The van der Waals surface area contributed by atoms with E-state index < -0.39 is 10.1 Å². The molecule has 1 heterocycles. The Bertz CT molecular complexity index is 776. The van der Waals surface area contributed by atoms with Crippen molar-refractivity contribution in [2.45, 2.75) is 18.2 Å². The molecule has 0 aliphatic carbocycles. The van der Waals surface area contributed by atoms with Crippen molar-refractivity contribution in [2.24, 2.45) is 0 Å². The Morgan fingerprint density at radius 1 is 1.04 bits per heavy atom. The van der Waals surface area contributed by atoms with E-state index >= 15 is 0 Å². The summed E-state index contributed by atoms with van der Waals surface area (Å²) in [5, 5.41) is 0. The van der Waals surface area contributed by atoms with Crippen molar-refractivity contribution in [3.8, 4) is 11.8 Å². The number of alkyl halides is 1. The van der Waals surface area contributed by atoms with Crippen LogP contribution in [0.15, 0.2) is 30.3 Å². The van der Waals surface area contributed by atoms with E-state index in [0.29, 0.717) is 5.56 Å². The molecule has 0 aliphatic rings. The molecule has 0 radical (unpaired) electrons. The fourth-order valence-corrected chi connectivity index (χ4v) is 3.22. The van der Waals surface area contributed by atoms with Gasteiger partial charge in [-0.25, -0.2) is 0 Å². The van der Waals surface area contributed by atoms with Crippen molar-refractivity contribution in [2.75, 3.05) is 14.2 Å². The second-order valence-corrected chi connectivity index (χ2v) is 6.64. The smallest absolute Gasteiger partial charge is 0.271 e. The second-order valence-electron chi connectivity index (χ2n) is 4.74. The van der Waals surface area contributed by atoms with Crippen LogP contribution >= 0.6 is 11.6 Å². The van der Waals surface area contributed by atoms with E-state index in [1.807, 2.05) is 0 Å². The lowest BCUT2D eigenvalue weighted by Crippen LogP contribution is -2.12. The maximum absolute atomic E-state index is 12.2. The molecule has 0 unspecified atom stereocenters. The fraction of sp³-hybridized carbons (Fsp3) is 0.333. The van der Waals surface area contributed by atoms with Gasteiger partial charge in [-0.2, -0.15) is 18.4 Å². The molecule has 1 aromatic carbocycles. The number of rotatable bonds is 8. The summed E-state index contributed by atoms with van der Waals surface area (Å²) in [7, 11) is -0.951. The summed E-state index contributed by atoms with van der Waals surface area (Å²) in [6, 6.07) is 8.49. The predicted octanol–water partition coefficient (Wildman–Crippen LogP) is 2.28. The van der Waals surface area contributed by atoms with E-state index in [0.717, 1.165) is 5.56 Å². The normalized spacial score (nSPS) is 11.3. The monoisotopic (exact) mass is 372 g/mol. The van der Waals surface area contributed by atoms with Gasteiger partial charge in [-0.1, -0.05) is 24.3 Å². The largest absolute Gasteiger partial charge is 0.481 e. The van der Waals surface area contributed by atoms with Gasteiger partial charge >= 0.3 is 0 Å². The van der Waals surface area contributed by atoms with Gasteiger partial charge in [0.05, 0.1) is 20.3 Å². The average Bonchev–Trinajstić information content (AvgIpc) is 2.60. The van der Waals surface area contributed by atoms with Crippen LogP contribution in [0.2, 0.25) is 0 Å². The zero-order valence-electron chi connectivity index (χ0n) is 13.2. The van der Waals surface area contributed by atoms with Gasteiger partial charge in [0, 0.05) is 5.88 Å². The number of hydrogen-bond acceptors (Lipinski definition) is 7. The first kappa shape index (κ1) is 18.4. The van der Waals surface area contributed by atoms with Crippen molar-refractivity contribution in [3.63, 3.8) is 0 Å². The molecule has 2 aromatic rings. The predicted molar refractivity (Wildman–Crippen MR) is 88.5 cm³/mol. The van der Waals surface area contributed by atoms with Crippen LogP contribution in [0.3, 0.4) is 0 Å². The van der Waals surface area contributed by atoms with Gasteiger partial charge < -0.3 is 9.47 Å². The molecular weight excluding hydrogens is 356 g/mol. The van der Waals surface area contributed by atoms with Crippen LogP contribution in [0.5, 0.6) is 11.8 Å². The molecule has 0 bridgehead atoms. The maximum atomic E-state index is 12.2. The van der Waals surface area contributed by atoms with Crippen LogP contribution in [0.1, 0.15) is 17.0 Å². The maximum Gasteiger partial charge on any atom is 0.271 e. The summed E-state index contributed by atoms with van der Waals surface area (Å²) < 4.78 is 39.4. The number of halogens is 1. The van der Waals surface area contributed by atoms with Gasteiger partial charge in [0.15, 0.2) is 5.82 Å². The molecule has 1 aromatic heterocycles. The highest BCUT2D eigenvalue weighted by Crippen LogP contribution is 2.18. The highest BCUT2D eigenvalue weighted by Gasteiger charge is 2.17. The van der Waals surface area contributed by atoms with Crippen LogP contribution in [-0.2, 0) is 32.5 Å². The molecule has 0 saturated carbocycles. The molecule has 0 aliphatic heterocycles. The van der Waals surface area contributed by atoms with Crippen LogP contribution < -0.4 is 9.47 Å². The highest BCUT2D eigenvalue weighted by molar-refractivity contribution is 7.85. The summed E-state index contributed by atoms with van der Waals surface area (Å²) in [6.07, 6.45) is 0. The quantitative estimate of drug-likeness (QED) is 0.518. The van der Waals surface area contributed by atoms with Crippen LogP contribution in [0, 0.1) is 0 Å².